The highest BCUT2D eigenvalue weighted by Gasteiger charge is 2.19. The molecule has 372 valence electrons. The van der Waals surface area contributed by atoms with Crippen LogP contribution in [0.4, 0.5) is 0 Å². The zero-order valence-electron chi connectivity index (χ0n) is 42.5. The summed E-state index contributed by atoms with van der Waals surface area (Å²) in [4.78, 5) is 38.0. The lowest BCUT2D eigenvalue weighted by Gasteiger charge is -2.18. The fourth-order valence-corrected chi connectivity index (χ4v) is 7.31. The molecule has 0 heterocycles. The summed E-state index contributed by atoms with van der Waals surface area (Å²) in [5, 5.41) is 0. The molecule has 0 saturated heterocycles. The first-order valence-electron chi connectivity index (χ1n) is 27.1. The molecule has 1 atom stereocenters. The van der Waals surface area contributed by atoms with Gasteiger partial charge in [-0.2, -0.15) is 0 Å². The number of carbonyl (C=O) groups is 3. The van der Waals surface area contributed by atoms with Crippen LogP contribution in [-0.4, -0.2) is 37.2 Å². The number of rotatable bonds is 48. The molecular weight excluding hydrogens is 805 g/mol. The van der Waals surface area contributed by atoms with E-state index < -0.39 is 12.1 Å². The molecule has 0 bridgehead atoms. The highest BCUT2D eigenvalue weighted by atomic mass is 16.6. The first kappa shape index (κ1) is 61.6. The zero-order chi connectivity index (χ0) is 47.2. The summed E-state index contributed by atoms with van der Waals surface area (Å²) in [6.07, 6.45) is 68.8. The third kappa shape index (κ3) is 51.4. The average Bonchev–Trinajstić information content (AvgIpc) is 3.30. The van der Waals surface area contributed by atoms with Gasteiger partial charge in [0.1, 0.15) is 13.2 Å². The Kier molecular flexibility index (Phi) is 50.4. The van der Waals surface area contributed by atoms with Crippen molar-refractivity contribution < 1.29 is 28.6 Å². The van der Waals surface area contributed by atoms with E-state index in [1.165, 1.54) is 109 Å². The molecule has 0 aliphatic heterocycles. The minimum absolute atomic E-state index is 0.111. The molecule has 0 aliphatic rings. The Morgan fingerprint density at radius 2 is 0.662 bits per heavy atom. The maximum atomic E-state index is 12.8. The summed E-state index contributed by atoms with van der Waals surface area (Å²) < 4.78 is 16.7. The van der Waals surface area contributed by atoms with Gasteiger partial charge in [-0.15, -0.1) is 0 Å². The van der Waals surface area contributed by atoms with Crippen molar-refractivity contribution in [1.82, 2.24) is 0 Å². The normalized spacial score (nSPS) is 12.7. The quantitative estimate of drug-likeness (QED) is 0.0262. The fraction of sp³-hybridized carbons (Fsp3) is 0.712. The van der Waals surface area contributed by atoms with E-state index in [2.05, 4.69) is 93.7 Å². The molecule has 6 heteroatoms. The molecule has 0 saturated carbocycles. The van der Waals surface area contributed by atoms with Gasteiger partial charge >= 0.3 is 17.9 Å². The van der Waals surface area contributed by atoms with Crippen LogP contribution in [-0.2, 0) is 28.6 Å². The van der Waals surface area contributed by atoms with Crippen LogP contribution in [0.5, 0.6) is 0 Å². The number of unbranched alkanes of at least 4 members (excludes halogenated alkanes) is 23. The number of ether oxygens (including phenoxy) is 3. The lowest BCUT2D eigenvalue weighted by molar-refractivity contribution is -0.166. The van der Waals surface area contributed by atoms with Gasteiger partial charge in [-0.1, -0.05) is 221 Å². The van der Waals surface area contributed by atoms with Gasteiger partial charge in [-0.3, -0.25) is 14.4 Å². The minimum Gasteiger partial charge on any atom is -0.462 e. The average molecular weight is 905 g/mol. The van der Waals surface area contributed by atoms with Crippen LogP contribution in [0.3, 0.4) is 0 Å². The van der Waals surface area contributed by atoms with Crippen LogP contribution in [0.15, 0.2) is 85.1 Å². The van der Waals surface area contributed by atoms with Crippen molar-refractivity contribution in [2.24, 2.45) is 0 Å². The maximum Gasteiger partial charge on any atom is 0.306 e. The van der Waals surface area contributed by atoms with Gasteiger partial charge in [0.25, 0.3) is 0 Å². The van der Waals surface area contributed by atoms with Gasteiger partial charge in [0.15, 0.2) is 6.10 Å². The highest BCUT2D eigenvalue weighted by molar-refractivity contribution is 5.71. The Morgan fingerprint density at radius 1 is 0.323 bits per heavy atom. The summed E-state index contributed by atoms with van der Waals surface area (Å²) in [5.41, 5.74) is 0. The van der Waals surface area contributed by atoms with Crippen molar-refractivity contribution >= 4 is 17.9 Å². The Balaban J connectivity index is 4.39. The lowest BCUT2D eigenvalue weighted by atomic mass is 10.1. The lowest BCUT2D eigenvalue weighted by Crippen LogP contribution is -2.30. The van der Waals surface area contributed by atoms with Gasteiger partial charge < -0.3 is 14.2 Å². The molecule has 0 N–H and O–H groups in total. The van der Waals surface area contributed by atoms with Crippen molar-refractivity contribution in [2.75, 3.05) is 13.2 Å². The molecule has 0 aromatic rings. The van der Waals surface area contributed by atoms with Crippen LogP contribution in [0.2, 0.25) is 0 Å². The smallest absolute Gasteiger partial charge is 0.306 e. The Morgan fingerprint density at radius 3 is 1.08 bits per heavy atom. The van der Waals surface area contributed by atoms with E-state index in [4.69, 9.17) is 14.2 Å². The predicted octanol–water partition coefficient (Wildman–Crippen LogP) is 18.0. The molecule has 0 spiro atoms. The van der Waals surface area contributed by atoms with E-state index in [1.807, 2.05) is 12.2 Å². The number of hydrogen-bond acceptors (Lipinski definition) is 6. The van der Waals surface area contributed by atoms with Crippen molar-refractivity contribution in [1.29, 1.82) is 0 Å². The Bertz CT molecular complexity index is 1270. The molecule has 6 nitrogen and oxygen atoms in total. The second-order valence-corrected chi connectivity index (χ2v) is 17.7. The van der Waals surface area contributed by atoms with Gasteiger partial charge in [-0.25, -0.2) is 0 Å². The first-order valence-corrected chi connectivity index (χ1v) is 27.1. The minimum atomic E-state index is -0.821. The van der Waals surface area contributed by atoms with Gasteiger partial charge in [0.05, 0.1) is 0 Å². The second kappa shape index (κ2) is 53.2. The summed E-state index contributed by atoms with van der Waals surface area (Å²) in [5.74, 6) is -1.01. The van der Waals surface area contributed by atoms with E-state index in [9.17, 15) is 14.4 Å². The largest absolute Gasteiger partial charge is 0.462 e. The van der Waals surface area contributed by atoms with Crippen LogP contribution < -0.4 is 0 Å². The van der Waals surface area contributed by atoms with Gasteiger partial charge in [-0.05, 0) is 96.3 Å². The van der Waals surface area contributed by atoms with E-state index in [0.717, 1.165) is 96.3 Å². The second-order valence-electron chi connectivity index (χ2n) is 17.7. The molecule has 1 unspecified atom stereocenters. The number of hydrogen-bond donors (Lipinski definition) is 0. The number of allylic oxidation sites excluding steroid dienone is 14. The molecule has 0 rings (SSSR count). The van der Waals surface area contributed by atoms with Crippen LogP contribution >= 0.6 is 0 Å². The molecule has 0 aromatic carbocycles. The topological polar surface area (TPSA) is 78.9 Å². The van der Waals surface area contributed by atoms with Crippen molar-refractivity contribution in [3.8, 4) is 0 Å². The van der Waals surface area contributed by atoms with Crippen molar-refractivity contribution in [3.63, 3.8) is 0 Å². The zero-order valence-corrected chi connectivity index (χ0v) is 42.5. The standard InChI is InChI=1S/C59H100O6/c1-4-7-10-13-16-19-22-25-26-27-28-29-30-31-32-35-37-40-43-46-49-52-58(61)64-55-56(65-59(62)53-50-47-44-41-38-34-24-21-18-15-12-9-6-3)54-63-57(60)51-48-45-42-39-36-33-23-20-17-14-11-8-5-2/h9,11-12,14,18,20-21,23,27-28,34,38,44,47,56H,4-8,10,13,15-17,19,22,24-26,29-33,35-37,39-43,45-46,48-55H2,1-3H3/b12-9-,14-11-,21-18-,23-20-,28-27-,38-34-,47-44-. The molecule has 0 radical (unpaired) electrons. The van der Waals surface area contributed by atoms with Crippen LogP contribution in [0.1, 0.15) is 252 Å². The van der Waals surface area contributed by atoms with Crippen LogP contribution in [0.25, 0.3) is 0 Å². The first-order chi connectivity index (χ1) is 32.0. The maximum absolute atomic E-state index is 12.8. The van der Waals surface area contributed by atoms with E-state index in [-0.39, 0.29) is 31.6 Å². The Hall–Kier alpha value is -3.41. The van der Waals surface area contributed by atoms with E-state index >= 15 is 0 Å². The third-order valence-corrected chi connectivity index (χ3v) is 11.3. The van der Waals surface area contributed by atoms with Gasteiger partial charge in [0, 0.05) is 19.3 Å². The summed E-state index contributed by atoms with van der Waals surface area (Å²) >= 11 is 0. The van der Waals surface area contributed by atoms with E-state index in [0.29, 0.717) is 19.3 Å². The van der Waals surface area contributed by atoms with E-state index in [1.54, 1.807) is 0 Å². The Labute approximate surface area is 401 Å². The number of esters is 3. The summed E-state index contributed by atoms with van der Waals surface area (Å²) in [6.45, 7) is 6.38. The summed E-state index contributed by atoms with van der Waals surface area (Å²) in [7, 11) is 0. The molecular formula is C59H100O6. The van der Waals surface area contributed by atoms with Gasteiger partial charge in [0.2, 0.25) is 0 Å². The monoisotopic (exact) mass is 905 g/mol. The SMILES string of the molecule is CC/C=C\C/C=C\C/C=C\C/C=C\CCC(=O)OC(COC(=O)CCCCCCC/C=C\C/C=C\CCC)COC(=O)CCCCCCCCCCC/C=C\CCCCCCCCCC. The fourth-order valence-electron chi connectivity index (χ4n) is 7.31. The molecule has 0 amide bonds. The van der Waals surface area contributed by atoms with Crippen molar-refractivity contribution in [3.05, 3.63) is 85.1 Å². The molecule has 0 aliphatic carbocycles. The molecule has 65 heavy (non-hydrogen) atoms. The summed E-state index contributed by atoms with van der Waals surface area (Å²) in [6, 6.07) is 0. The predicted molar refractivity (Wildman–Crippen MR) is 279 cm³/mol. The third-order valence-electron chi connectivity index (χ3n) is 11.3. The molecule has 0 fully saturated rings. The number of carbonyl (C=O) groups excluding carboxylic acids is 3. The molecule has 0 aromatic heterocycles. The van der Waals surface area contributed by atoms with Crippen LogP contribution in [0, 0.1) is 0 Å². The van der Waals surface area contributed by atoms with Crippen molar-refractivity contribution in [2.45, 2.75) is 258 Å². The highest BCUT2D eigenvalue weighted by Crippen LogP contribution is 2.14.